The van der Waals surface area contributed by atoms with Crippen molar-refractivity contribution in [1.29, 1.82) is 0 Å². The number of ether oxygens (including phenoxy) is 2. The average molecular weight is 454 g/mol. The van der Waals surface area contributed by atoms with Crippen LogP contribution in [-0.4, -0.2) is 54.2 Å². The molecule has 0 spiro atoms. The summed E-state index contributed by atoms with van der Waals surface area (Å²) in [5.41, 5.74) is 2.88. The fourth-order valence-electron chi connectivity index (χ4n) is 3.97. The summed E-state index contributed by atoms with van der Waals surface area (Å²) in [6, 6.07) is 9.42. The third kappa shape index (κ3) is 4.92. The second kappa shape index (κ2) is 10.1. The Morgan fingerprint density at radius 1 is 1.16 bits per heavy atom. The normalized spacial score (nSPS) is 13.9. The number of rotatable bonds is 8. The molecule has 0 aromatic carbocycles. The van der Waals surface area contributed by atoms with Gasteiger partial charge in [0.2, 0.25) is 5.78 Å². The van der Waals surface area contributed by atoms with Gasteiger partial charge in [0.25, 0.3) is 0 Å². The summed E-state index contributed by atoms with van der Waals surface area (Å²) in [5.74, 6) is -0.176. The van der Waals surface area contributed by atoms with Crippen LogP contribution in [0, 0.1) is 13.8 Å². The van der Waals surface area contributed by atoms with Crippen molar-refractivity contribution in [2.45, 2.75) is 26.8 Å². The third-order valence-electron chi connectivity index (χ3n) is 5.69. The number of carbonyl (C=O) groups is 2. The molecule has 168 valence electrons. The molecule has 7 nitrogen and oxygen atoms in total. The Balaban J connectivity index is 1.41. The molecule has 1 saturated heterocycles. The van der Waals surface area contributed by atoms with Crippen molar-refractivity contribution >= 4 is 28.9 Å². The lowest BCUT2D eigenvalue weighted by molar-refractivity contribution is 0.0474. The van der Waals surface area contributed by atoms with Crippen molar-refractivity contribution in [1.82, 2.24) is 9.55 Å². The standard InChI is InChI=1S/C24H27N3O4S/c1-17-15-21(18(2)27(17)9-7-19-5-4-14-32-19)22(28)16-31-24(29)20-6-3-8-25-23(20)26-10-12-30-13-11-26/h3-6,8,14-15H,7,9-13,16H2,1-2H3. The zero-order chi connectivity index (χ0) is 22.5. The largest absolute Gasteiger partial charge is 0.454 e. The number of pyridine rings is 1. The number of thiophene rings is 1. The van der Waals surface area contributed by atoms with E-state index in [0.29, 0.717) is 43.2 Å². The smallest absolute Gasteiger partial charge is 0.342 e. The zero-order valence-corrected chi connectivity index (χ0v) is 19.2. The number of Topliss-reactive ketones (excluding diaryl/α,β-unsaturated/α-hetero) is 1. The van der Waals surface area contributed by atoms with E-state index in [4.69, 9.17) is 9.47 Å². The van der Waals surface area contributed by atoms with Gasteiger partial charge in [-0.15, -0.1) is 11.3 Å². The van der Waals surface area contributed by atoms with E-state index in [2.05, 4.69) is 21.0 Å². The Labute approximate surface area is 191 Å². The molecule has 0 saturated carbocycles. The Kier molecular flexibility index (Phi) is 7.02. The van der Waals surface area contributed by atoms with Crippen LogP contribution in [-0.2, 0) is 22.4 Å². The molecule has 0 unspecified atom stereocenters. The number of carbonyl (C=O) groups excluding carboxylic acids is 2. The highest BCUT2D eigenvalue weighted by Crippen LogP contribution is 2.21. The van der Waals surface area contributed by atoms with Crippen LogP contribution in [0.15, 0.2) is 41.9 Å². The summed E-state index contributed by atoms with van der Waals surface area (Å²) >= 11 is 1.73. The summed E-state index contributed by atoms with van der Waals surface area (Å²) in [7, 11) is 0. The number of aromatic nitrogens is 2. The first kappa shape index (κ1) is 22.2. The van der Waals surface area contributed by atoms with Gasteiger partial charge in [0.15, 0.2) is 6.61 Å². The molecule has 0 aliphatic carbocycles. The Hall–Kier alpha value is -2.97. The molecule has 1 aliphatic rings. The van der Waals surface area contributed by atoms with Crippen molar-refractivity contribution in [3.63, 3.8) is 0 Å². The lowest BCUT2D eigenvalue weighted by Crippen LogP contribution is -2.37. The minimum atomic E-state index is -0.542. The van der Waals surface area contributed by atoms with Gasteiger partial charge < -0.3 is 18.9 Å². The first-order valence-corrected chi connectivity index (χ1v) is 11.6. The van der Waals surface area contributed by atoms with Gasteiger partial charge in [0.1, 0.15) is 11.4 Å². The highest BCUT2D eigenvalue weighted by atomic mass is 32.1. The molecule has 1 aliphatic heterocycles. The first-order chi connectivity index (χ1) is 15.5. The van der Waals surface area contributed by atoms with Crippen molar-refractivity contribution in [2.24, 2.45) is 0 Å². The van der Waals surface area contributed by atoms with Crippen LogP contribution in [0.2, 0.25) is 0 Å². The van der Waals surface area contributed by atoms with Crippen LogP contribution in [0.4, 0.5) is 5.82 Å². The molecule has 4 heterocycles. The van der Waals surface area contributed by atoms with E-state index in [0.717, 1.165) is 24.4 Å². The molecule has 0 radical (unpaired) electrons. The van der Waals surface area contributed by atoms with Crippen LogP contribution in [0.3, 0.4) is 0 Å². The van der Waals surface area contributed by atoms with Gasteiger partial charge in [0.05, 0.1) is 13.2 Å². The van der Waals surface area contributed by atoms with Gasteiger partial charge in [-0.3, -0.25) is 4.79 Å². The monoisotopic (exact) mass is 453 g/mol. The van der Waals surface area contributed by atoms with E-state index < -0.39 is 5.97 Å². The summed E-state index contributed by atoms with van der Waals surface area (Å²) in [5, 5.41) is 2.07. The van der Waals surface area contributed by atoms with E-state index in [-0.39, 0.29) is 12.4 Å². The zero-order valence-electron chi connectivity index (χ0n) is 18.4. The minimum Gasteiger partial charge on any atom is -0.454 e. The fourth-order valence-corrected chi connectivity index (χ4v) is 4.67. The molecule has 1 fully saturated rings. The van der Waals surface area contributed by atoms with E-state index in [1.54, 1.807) is 29.7 Å². The predicted octanol–water partition coefficient (Wildman–Crippen LogP) is 3.68. The van der Waals surface area contributed by atoms with Crippen molar-refractivity contribution < 1.29 is 19.1 Å². The SMILES string of the molecule is Cc1cc(C(=O)COC(=O)c2cccnc2N2CCOCC2)c(C)n1CCc1cccs1. The maximum Gasteiger partial charge on any atom is 0.342 e. The number of hydrogen-bond acceptors (Lipinski definition) is 7. The molecule has 0 atom stereocenters. The minimum absolute atomic E-state index is 0.203. The van der Waals surface area contributed by atoms with E-state index in [1.807, 2.05) is 30.9 Å². The lowest BCUT2D eigenvalue weighted by atomic mass is 10.1. The molecular weight excluding hydrogens is 426 g/mol. The second-order valence-electron chi connectivity index (χ2n) is 7.74. The van der Waals surface area contributed by atoms with E-state index >= 15 is 0 Å². The van der Waals surface area contributed by atoms with Gasteiger partial charge >= 0.3 is 5.97 Å². The molecule has 3 aromatic rings. The molecule has 0 bridgehead atoms. The molecule has 0 amide bonds. The average Bonchev–Trinajstić information content (AvgIpc) is 3.44. The molecule has 32 heavy (non-hydrogen) atoms. The summed E-state index contributed by atoms with van der Waals surface area (Å²) in [6.07, 6.45) is 2.57. The lowest BCUT2D eigenvalue weighted by Gasteiger charge is -2.28. The molecule has 0 N–H and O–H groups in total. The number of morpholine rings is 1. The van der Waals surface area contributed by atoms with E-state index in [9.17, 15) is 9.59 Å². The number of aryl methyl sites for hydroxylation is 2. The Morgan fingerprint density at radius 3 is 2.72 bits per heavy atom. The highest BCUT2D eigenvalue weighted by molar-refractivity contribution is 7.09. The summed E-state index contributed by atoms with van der Waals surface area (Å²) < 4.78 is 12.9. The van der Waals surface area contributed by atoms with Crippen LogP contribution >= 0.6 is 11.3 Å². The quantitative estimate of drug-likeness (QED) is 0.383. The van der Waals surface area contributed by atoms with Crippen LogP contribution in [0.25, 0.3) is 0 Å². The van der Waals surface area contributed by atoms with E-state index in [1.165, 1.54) is 4.88 Å². The topological polar surface area (TPSA) is 73.7 Å². The van der Waals surface area contributed by atoms with Gasteiger partial charge in [-0.25, -0.2) is 9.78 Å². The Morgan fingerprint density at radius 2 is 1.97 bits per heavy atom. The maximum atomic E-state index is 12.9. The Bertz CT molecular complexity index is 1080. The first-order valence-electron chi connectivity index (χ1n) is 10.7. The number of hydrogen-bond donors (Lipinski definition) is 0. The van der Waals surface area contributed by atoms with Crippen molar-refractivity contribution in [3.8, 4) is 0 Å². The maximum absolute atomic E-state index is 12.9. The fraction of sp³-hybridized carbons (Fsp3) is 0.375. The molecule has 3 aromatic heterocycles. The highest BCUT2D eigenvalue weighted by Gasteiger charge is 2.23. The van der Waals surface area contributed by atoms with Crippen LogP contribution < -0.4 is 4.90 Å². The van der Waals surface area contributed by atoms with Crippen molar-refractivity contribution in [3.05, 3.63) is 69.3 Å². The number of ketones is 1. The summed E-state index contributed by atoms with van der Waals surface area (Å²) in [4.78, 5) is 33.3. The van der Waals surface area contributed by atoms with Gasteiger partial charge in [-0.2, -0.15) is 0 Å². The number of anilines is 1. The number of esters is 1. The van der Waals surface area contributed by atoms with Crippen molar-refractivity contribution in [2.75, 3.05) is 37.8 Å². The summed E-state index contributed by atoms with van der Waals surface area (Å²) in [6.45, 7) is 6.94. The van der Waals surface area contributed by atoms with Crippen LogP contribution in [0.1, 0.15) is 37.0 Å². The second-order valence-corrected chi connectivity index (χ2v) is 8.77. The van der Waals surface area contributed by atoms with Gasteiger partial charge in [-0.1, -0.05) is 6.07 Å². The van der Waals surface area contributed by atoms with Crippen LogP contribution in [0.5, 0.6) is 0 Å². The molecule has 8 heteroatoms. The molecular formula is C24H27N3O4S. The third-order valence-corrected chi connectivity index (χ3v) is 6.62. The number of nitrogens with zero attached hydrogens (tertiary/aromatic N) is 3. The molecule has 4 rings (SSSR count). The predicted molar refractivity (Wildman–Crippen MR) is 124 cm³/mol. The van der Waals surface area contributed by atoms with Gasteiger partial charge in [0, 0.05) is 47.7 Å². The van der Waals surface area contributed by atoms with Gasteiger partial charge in [-0.05, 0) is 49.9 Å².